The van der Waals surface area contributed by atoms with Crippen LogP contribution in [0.1, 0.15) is 38.8 Å². The Hall–Kier alpha value is -0.640. The fourth-order valence-corrected chi connectivity index (χ4v) is 3.35. The van der Waals surface area contributed by atoms with Gasteiger partial charge >= 0.3 is 0 Å². The molecule has 2 atom stereocenters. The highest BCUT2D eigenvalue weighted by Gasteiger charge is 2.31. The molecule has 2 rings (SSSR count). The molecule has 2 unspecified atom stereocenters. The van der Waals surface area contributed by atoms with Gasteiger partial charge in [-0.2, -0.15) is 0 Å². The maximum atomic E-state index is 4.43. The van der Waals surface area contributed by atoms with E-state index in [9.17, 15) is 0 Å². The van der Waals surface area contributed by atoms with Gasteiger partial charge in [0.05, 0.1) is 0 Å². The van der Waals surface area contributed by atoms with E-state index in [1.807, 2.05) is 0 Å². The third-order valence-electron chi connectivity index (χ3n) is 3.60. The molecule has 1 aliphatic rings. The van der Waals surface area contributed by atoms with E-state index in [-0.39, 0.29) is 0 Å². The minimum atomic E-state index is 0.458. The van der Waals surface area contributed by atoms with Crippen molar-refractivity contribution in [3.05, 3.63) is 18.1 Å². The van der Waals surface area contributed by atoms with Crippen molar-refractivity contribution in [2.45, 2.75) is 39.2 Å². The highest BCUT2D eigenvalue weighted by atomic mass is 79.9. The van der Waals surface area contributed by atoms with Crippen LogP contribution in [-0.2, 0) is 0 Å². The zero-order valence-electron chi connectivity index (χ0n) is 10.7. The lowest BCUT2D eigenvalue weighted by atomic mass is 10.1. The summed E-state index contributed by atoms with van der Waals surface area (Å²) in [7, 11) is 0. The highest BCUT2D eigenvalue weighted by molar-refractivity contribution is 9.09. The third kappa shape index (κ3) is 2.62. The molecule has 94 valence electrons. The molecule has 1 fully saturated rings. The van der Waals surface area contributed by atoms with Crippen molar-refractivity contribution < 1.29 is 0 Å². The van der Waals surface area contributed by atoms with Gasteiger partial charge in [0.1, 0.15) is 12.1 Å². The summed E-state index contributed by atoms with van der Waals surface area (Å²) in [5.74, 6) is 2.27. The first-order valence-corrected chi connectivity index (χ1v) is 7.40. The Labute approximate surface area is 112 Å². The van der Waals surface area contributed by atoms with Gasteiger partial charge in [-0.25, -0.2) is 9.97 Å². The van der Waals surface area contributed by atoms with Crippen molar-refractivity contribution in [2.75, 3.05) is 16.8 Å². The second-order valence-corrected chi connectivity index (χ2v) is 5.78. The Bertz CT molecular complexity index is 381. The van der Waals surface area contributed by atoms with Gasteiger partial charge < -0.3 is 4.90 Å². The second-order valence-electron chi connectivity index (χ2n) is 5.14. The maximum Gasteiger partial charge on any atom is 0.132 e. The van der Waals surface area contributed by atoms with Crippen molar-refractivity contribution in [3.8, 4) is 0 Å². The van der Waals surface area contributed by atoms with Crippen LogP contribution in [0.3, 0.4) is 0 Å². The zero-order valence-corrected chi connectivity index (χ0v) is 12.3. The van der Waals surface area contributed by atoms with E-state index in [1.54, 1.807) is 6.33 Å². The number of hydrogen-bond acceptors (Lipinski definition) is 3. The van der Waals surface area contributed by atoms with Crippen LogP contribution in [0.2, 0.25) is 0 Å². The minimum Gasteiger partial charge on any atom is -0.352 e. The number of hydrogen-bond donors (Lipinski definition) is 0. The molecule has 0 saturated carbocycles. The summed E-state index contributed by atoms with van der Waals surface area (Å²) in [6, 6.07) is 2.70. The Morgan fingerprint density at radius 1 is 1.47 bits per heavy atom. The van der Waals surface area contributed by atoms with Crippen molar-refractivity contribution in [3.63, 3.8) is 0 Å². The molecule has 0 spiro atoms. The van der Waals surface area contributed by atoms with Gasteiger partial charge in [0.25, 0.3) is 0 Å². The van der Waals surface area contributed by atoms with Gasteiger partial charge in [0.15, 0.2) is 0 Å². The Kier molecular flexibility index (Phi) is 4.02. The van der Waals surface area contributed by atoms with Gasteiger partial charge in [0.2, 0.25) is 0 Å². The van der Waals surface area contributed by atoms with Gasteiger partial charge in [-0.3, -0.25) is 0 Å². The molecule has 0 bridgehead atoms. The topological polar surface area (TPSA) is 29.0 Å². The van der Waals surface area contributed by atoms with E-state index in [0.29, 0.717) is 12.0 Å². The van der Waals surface area contributed by atoms with E-state index < -0.39 is 0 Å². The van der Waals surface area contributed by atoms with E-state index in [0.717, 1.165) is 29.3 Å². The Balaban J connectivity index is 2.25. The normalized spacial score (nSPS) is 24.6. The Morgan fingerprint density at radius 3 is 2.88 bits per heavy atom. The van der Waals surface area contributed by atoms with Crippen LogP contribution >= 0.6 is 15.9 Å². The Morgan fingerprint density at radius 2 is 2.24 bits per heavy atom. The summed E-state index contributed by atoms with van der Waals surface area (Å²) >= 11 is 3.62. The summed E-state index contributed by atoms with van der Waals surface area (Å²) < 4.78 is 0. The summed E-state index contributed by atoms with van der Waals surface area (Å²) in [6.07, 6.45) is 2.94. The quantitative estimate of drug-likeness (QED) is 0.802. The van der Waals surface area contributed by atoms with E-state index in [1.165, 1.54) is 6.42 Å². The molecule has 2 heterocycles. The molecule has 0 aliphatic carbocycles. The average Bonchev–Trinajstić information content (AvgIpc) is 2.70. The van der Waals surface area contributed by atoms with Crippen LogP contribution in [0.4, 0.5) is 5.82 Å². The SMILES string of the molecule is CC(C)c1cc(N2CCC(C)C2CBr)ncn1. The predicted molar refractivity (Wildman–Crippen MR) is 74.8 cm³/mol. The number of anilines is 1. The van der Waals surface area contributed by atoms with Gasteiger partial charge in [-0.1, -0.05) is 36.7 Å². The number of aromatic nitrogens is 2. The molecular formula is C13H20BrN3. The lowest BCUT2D eigenvalue weighted by Crippen LogP contribution is -2.34. The monoisotopic (exact) mass is 297 g/mol. The van der Waals surface area contributed by atoms with Crippen LogP contribution in [0.5, 0.6) is 0 Å². The lowest BCUT2D eigenvalue weighted by Gasteiger charge is -2.26. The molecule has 4 heteroatoms. The number of nitrogens with zero attached hydrogens (tertiary/aromatic N) is 3. The second kappa shape index (κ2) is 5.34. The maximum absolute atomic E-state index is 4.43. The number of halogens is 1. The van der Waals surface area contributed by atoms with Crippen LogP contribution in [-0.4, -0.2) is 27.9 Å². The van der Waals surface area contributed by atoms with Crippen LogP contribution in [0.15, 0.2) is 12.4 Å². The highest BCUT2D eigenvalue weighted by Crippen LogP contribution is 2.30. The molecule has 1 aliphatic heterocycles. The van der Waals surface area contributed by atoms with Crippen molar-refractivity contribution in [1.82, 2.24) is 9.97 Å². The zero-order chi connectivity index (χ0) is 12.4. The summed E-state index contributed by atoms with van der Waals surface area (Å²) in [5, 5.41) is 1.01. The average molecular weight is 298 g/mol. The lowest BCUT2D eigenvalue weighted by molar-refractivity contribution is 0.552. The molecule has 0 amide bonds. The van der Waals surface area contributed by atoms with Crippen LogP contribution in [0.25, 0.3) is 0 Å². The van der Waals surface area contributed by atoms with Gasteiger partial charge in [-0.15, -0.1) is 0 Å². The number of rotatable bonds is 3. The van der Waals surface area contributed by atoms with Crippen molar-refractivity contribution in [1.29, 1.82) is 0 Å². The molecular weight excluding hydrogens is 278 g/mol. The summed E-state index contributed by atoms with van der Waals surface area (Å²) in [6.45, 7) is 7.75. The fraction of sp³-hybridized carbons (Fsp3) is 0.692. The molecule has 17 heavy (non-hydrogen) atoms. The fourth-order valence-electron chi connectivity index (χ4n) is 2.36. The summed E-state index contributed by atoms with van der Waals surface area (Å²) in [4.78, 5) is 11.2. The molecule has 0 N–H and O–H groups in total. The van der Waals surface area contributed by atoms with Gasteiger partial charge in [-0.05, 0) is 18.3 Å². The standard InChI is InChI=1S/C13H20BrN3/c1-9(2)11-6-13(16-8-15-11)17-5-4-10(3)12(17)7-14/h6,8-10,12H,4-5,7H2,1-3H3. The predicted octanol–water partition coefficient (Wildman–Crippen LogP) is 3.21. The third-order valence-corrected chi connectivity index (χ3v) is 4.26. The first-order chi connectivity index (χ1) is 8.13. The van der Waals surface area contributed by atoms with E-state index in [2.05, 4.69) is 57.6 Å². The molecule has 3 nitrogen and oxygen atoms in total. The van der Waals surface area contributed by atoms with E-state index in [4.69, 9.17) is 0 Å². The van der Waals surface area contributed by atoms with Crippen molar-refractivity contribution in [2.24, 2.45) is 5.92 Å². The van der Waals surface area contributed by atoms with Crippen LogP contribution < -0.4 is 4.90 Å². The van der Waals surface area contributed by atoms with Crippen molar-refractivity contribution >= 4 is 21.7 Å². The molecule has 0 aromatic carbocycles. The summed E-state index contributed by atoms with van der Waals surface area (Å²) in [5.41, 5.74) is 1.13. The molecule has 1 aromatic heterocycles. The minimum absolute atomic E-state index is 0.458. The molecule has 1 saturated heterocycles. The number of alkyl halides is 1. The van der Waals surface area contributed by atoms with Crippen LogP contribution in [0, 0.1) is 5.92 Å². The van der Waals surface area contributed by atoms with Gasteiger partial charge in [0, 0.05) is 29.7 Å². The largest absolute Gasteiger partial charge is 0.352 e. The van der Waals surface area contributed by atoms with E-state index >= 15 is 0 Å². The first kappa shape index (κ1) is 12.8. The molecule has 1 aromatic rings. The smallest absolute Gasteiger partial charge is 0.132 e. The first-order valence-electron chi connectivity index (χ1n) is 6.28. The molecule has 0 radical (unpaired) electrons.